The molecule has 0 radical (unpaired) electrons. The smallest absolute Gasteiger partial charge is 0.273 e. The van der Waals surface area contributed by atoms with Gasteiger partial charge in [-0.3, -0.25) is 19.9 Å². The lowest BCUT2D eigenvalue weighted by Crippen LogP contribution is -2.48. The van der Waals surface area contributed by atoms with Crippen LogP contribution in [0.3, 0.4) is 0 Å². The lowest BCUT2D eigenvalue weighted by Gasteiger charge is -2.36. The highest BCUT2D eigenvalue weighted by molar-refractivity contribution is 5.95. The van der Waals surface area contributed by atoms with Gasteiger partial charge in [-0.1, -0.05) is 19.1 Å². The Balaban J connectivity index is 0.00000243. The van der Waals surface area contributed by atoms with Crippen LogP contribution in [-0.2, 0) is 6.42 Å². The van der Waals surface area contributed by atoms with Crippen molar-refractivity contribution in [3.63, 3.8) is 0 Å². The van der Waals surface area contributed by atoms with Crippen molar-refractivity contribution in [2.24, 2.45) is 0 Å². The van der Waals surface area contributed by atoms with Crippen LogP contribution in [0.1, 0.15) is 34.5 Å². The second-order valence-electron chi connectivity index (χ2n) is 5.96. The molecule has 1 fully saturated rings. The second-order valence-corrected chi connectivity index (χ2v) is 5.96. The summed E-state index contributed by atoms with van der Waals surface area (Å²) in [5.74, 6) is -0.193. The van der Waals surface area contributed by atoms with Gasteiger partial charge in [-0.2, -0.15) is 0 Å². The summed E-state index contributed by atoms with van der Waals surface area (Å²) in [6, 6.07) is 8.38. The van der Waals surface area contributed by atoms with Gasteiger partial charge in [0.15, 0.2) is 0 Å². The summed E-state index contributed by atoms with van der Waals surface area (Å²) in [5, 5.41) is 14.6. The van der Waals surface area contributed by atoms with Gasteiger partial charge in [-0.15, -0.1) is 12.4 Å². The molecule has 1 aromatic carbocycles. The maximum atomic E-state index is 13.0. The van der Waals surface area contributed by atoms with E-state index >= 15 is 0 Å². The van der Waals surface area contributed by atoms with Gasteiger partial charge >= 0.3 is 0 Å². The number of piperazine rings is 1. The molecule has 1 unspecified atom stereocenters. The summed E-state index contributed by atoms with van der Waals surface area (Å²) in [7, 11) is 0. The summed E-state index contributed by atoms with van der Waals surface area (Å²) in [6.07, 6.45) is 4.00. The molecule has 0 spiro atoms. The minimum absolute atomic E-state index is 0. The van der Waals surface area contributed by atoms with Crippen molar-refractivity contribution in [2.75, 3.05) is 19.6 Å². The molecule has 2 aromatic rings. The molecule has 138 valence electrons. The Morgan fingerprint density at radius 1 is 1.42 bits per heavy atom. The molecule has 2 heterocycles. The highest BCUT2D eigenvalue weighted by atomic mass is 35.5. The Hall–Kier alpha value is -2.51. The fraction of sp³-hybridized carbons (Fsp3) is 0.333. The van der Waals surface area contributed by atoms with E-state index in [9.17, 15) is 14.9 Å². The van der Waals surface area contributed by atoms with Gasteiger partial charge in [0.2, 0.25) is 0 Å². The summed E-state index contributed by atoms with van der Waals surface area (Å²) < 4.78 is 0. The number of rotatable bonds is 4. The minimum atomic E-state index is -0.425. The molecule has 0 saturated carbocycles. The first kappa shape index (κ1) is 19.8. The topological polar surface area (TPSA) is 88.4 Å². The van der Waals surface area contributed by atoms with Gasteiger partial charge in [0.05, 0.1) is 11.0 Å². The summed E-state index contributed by atoms with van der Waals surface area (Å²) in [4.78, 5) is 29.8. The maximum Gasteiger partial charge on any atom is 0.273 e. The molecule has 8 heteroatoms. The van der Waals surface area contributed by atoms with Crippen molar-refractivity contribution in [1.82, 2.24) is 15.2 Å². The van der Waals surface area contributed by atoms with Crippen molar-refractivity contribution in [1.29, 1.82) is 0 Å². The quantitative estimate of drug-likeness (QED) is 0.654. The first-order chi connectivity index (χ1) is 12.1. The second kappa shape index (κ2) is 8.73. The predicted molar refractivity (Wildman–Crippen MR) is 101 cm³/mol. The zero-order chi connectivity index (χ0) is 17.8. The van der Waals surface area contributed by atoms with E-state index in [1.54, 1.807) is 29.4 Å². The molecule has 1 amide bonds. The average molecular weight is 377 g/mol. The fourth-order valence-corrected chi connectivity index (χ4v) is 3.15. The SMILES string of the molecule is CCc1ccc(C(=O)N2CCNCC2c2cccnc2)cc1[N+](=O)[O-].Cl. The van der Waals surface area contributed by atoms with E-state index in [2.05, 4.69) is 10.3 Å². The molecule has 3 rings (SSSR count). The van der Waals surface area contributed by atoms with Gasteiger partial charge in [-0.05, 0) is 24.1 Å². The van der Waals surface area contributed by atoms with Crippen LogP contribution in [-0.4, -0.2) is 40.3 Å². The molecule has 0 aliphatic carbocycles. The van der Waals surface area contributed by atoms with Crippen molar-refractivity contribution in [3.8, 4) is 0 Å². The van der Waals surface area contributed by atoms with Gasteiger partial charge in [0.25, 0.3) is 11.6 Å². The monoisotopic (exact) mass is 376 g/mol. The van der Waals surface area contributed by atoms with Crippen LogP contribution in [0.4, 0.5) is 5.69 Å². The molecule has 7 nitrogen and oxygen atoms in total. The first-order valence-corrected chi connectivity index (χ1v) is 8.30. The molecular weight excluding hydrogens is 356 g/mol. The van der Waals surface area contributed by atoms with Crippen molar-refractivity contribution < 1.29 is 9.72 Å². The number of amides is 1. The van der Waals surface area contributed by atoms with Gasteiger partial charge in [-0.25, -0.2) is 0 Å². The van der Waals surface area contributed by atoms with E-state index in [1.807, 2.05) is 19.1 Å². The zero-order valence-corrected chi connectivity index (χ0v) is 15.2. The molecular formula is C18H21ClN4O3. The summed E-state index contributed by atoms with van der Waals surface area (Å²) >= 11 is 0. The van der Waals surface area contributed by atoms with E-state index < -0.39 is 4.92 Å². The third kappa shape index (κ3) is 4.00. The lowest BCUT2D eigenvalue weighted by atomic mass is 10.0. The van der Waals surface area contributed by atoms with Gasteiger partial charge in [0.1, 0.15) is 0 Å². The molecule has 1 aliphatic rings. The number of benzene rings is 1. The van der Waals surface area contributed by atoms with E-state index in [4.69, 9.17) is 0 Å². The molecule has 1 aliphatic heterocycles. The fourth-order valence-electron chi connectivity index (χ4n) is 3.15. The summed E-state index contributed by atoms with van der Waals surface area (Å²) in [5.41, 5.74) is 1.93. The van der Waals surface area contributed by atoms with Crippen LogP contribution in [0.25, 0.3) is 0 Å². The Kier molecular flexibility index (Phi) is 6.65. The van der Waals surface area contributed by atoms with Crippen LogP contribution in [0.2, 0.25) is 0 Å². The molecule has 1 atom stereocenters. The largest absolute Gasteiger partial charge is 0.329 e. The highest BCUT2D eigenvalue weighted by Gasteiger charge is 2.29. The standard InChI is InChI=1S/C18H20N4O3.ClH/c1-2-13-5-6-14(10-16(13)22(24)25)18(23)21-9-8-20-12-17(21)15-4-3-7-19-11-15;/h3-7,10-11,17,20H,2,8-9,12H2,1H3;1H. The molecule has 1 N–H and O–H groups in total. The summed E-state index contributed by atoms with van der Waals surface area (Å²) in [6.45, 7) is 3.73. The third-order valence-electron chi connectivity index (χ3n) is 4.48. The number of nitrogens with one attached hydrogen (secondary N) is 1. The lowest BCUT2D eigenvalue weighted by molar-refractivity contribution is -0.385. The number of hydrogen-bond donors (Lipinski definition) is 1. The average Bonchev–Trinajstić information content (AvgIpc) is 2.67. The van der Waals surface area contributed by atoms with Crippen LogP contribution in [0.5, 0.6) is 0 Å². The van der Waals surface area contributed by atoms with Crippen molar-refractivity contribution in [3.05, 3.63) is 69.5 Å². The Morgan fingerprint density at radius 3 is 2.88 bits per heavy atom. The Morgan fingerprint density at radius 2 is 2.23 bits per heavy atom. The van der Waals surface area contributed by atoms with E-state index in [0.717, 1.165) is 5.56 Å². The number of aryl methyl sites for hydroxylation is 1. The number of nitro benzene ring substituents is 1. The minimum Gasteiger partial charge on any atom is -0.329 e. The maximum absolute atomic E-state index is 13.0. The Labute approximate surface area is 158 Å². The van der Waals surface area contributed by atoms with E-state index in [0.29, 0.717) is 37.2 Å². The molecule has 0 bridgehead atoms. The Bertz CT molecular complexity index is 785. The molecule has 1 saturated heterocycles. The molecule has 1 aromatic heterocycles. The number of carbonyl (C=O) groups excluding carboxylic acids is 1. The number of hydrogen-bond acceptors (Lipinski definition) is 5. The van der Waals surface area contributed by atoms with Gasteiger partial charge < -0.3 is 10.2 Å². The van der Waals surface area contributed by atoms with Crippen LogP contribution < -0.4 is 5.32 Å². The van der Waals surface area contributed by atoms with Crippen LogP contribution in [0, 0.1) is 10.1 Å². The normalized spacial score (nSPS) is 16.7. The number of nitrogens with zero attached hydrogens (tertiary/aromatic N) is 3. The van der Waals surface area contributed by atoms with E-state index in [-0.39, 0.29) is 30.0 Å². The van der Waals surface area contributed by atoms with E-state index in [1.165, 1.54) is 6.07 Å². The number of pyridine rings is 1. The zero-order valence-electron chi connectivity index (χ0n) is 14.4. The van der Waals surface area contributed by atoms with Crippen molar-refractivity contribution in [2.45, 2.75) is 19.4 Å². The number of carbonyl (C=O) groups is 1. The number of aromatic nitrogens is 1. The number of nitro groups is 1. The predicted octanol–water partition coefficient (Wildman–Crippen LogP) is 2.76. The van der Waals surface area contributed by atoms with Gasteiger partial charge in [0, 0.05) is 49.2 Å². The van der Waals surface area contributed by atoms with Crippen molar-refractivity contribution >= 4 is 24.0 Å². The molecule has 26 heavy (non-hydrogen) atoms. The third-order valence-corrected chi connectivity index (χ3v) is 4.48. The highest BCUT2D eigenvalue weighted by Crippen LogP contribution is 2.26. The van der Waals surface area contributed by atoms with Crippen LogP contribution in [0.15, 0.2) is 42.7 Å². The number of halogens is 1. The van der Waals surface area contributed by atoms with Crippen LogP contribution >= 0.6 is 12.4 Å². The first-order valence-electron chi connectivity index (χ1n) is 8.30.